The molecule has 3 aromatic carbocycles. The molecule has 5 aromatic rings. The van der Waals surface area contributed by atoms with Gasteiger partial charge >= 0.3 is 0 Å². The Kier molecular flexibility index (Phi) is 4.83. The van der Waals surface area contributed by atoms with E-state index in [9.17, 15) is 4.79 Å². The van der Waals surface area contributed by atoms with Crippen molar-refractivity contribution < 1.29 is 4.79 Å². The molecule has 0 saturated carbocycles. The predicted octanol–water partition coefficient (Wildman–Crippen LogP) is 3.73. The lowest BCUT2D eigenvalue weighted by molar-refractivity contribution is 0.102. The van der Waals surface area contributed by atoms with Crippen LogP contribution < -0.4 is 10.2 Å². The number of carbonyl (C=O) groups excluding carboxylic acids is 1. The van der Waals surface area contributed by atoms with Gasteiger partial charge in [0.05, 0.1) is 11.0 Å². The van der Waals surface area contributed by atoms with E-state index in [1.807, 2.05) is 85.7 Å². The highest BCUT2D eigenvalue weighted by atomic mass is 16.1. The molecule has 0 aliphatic heterocycles. The minimum absolute atomic E-state index is 0.164. The molecule has 0 bridgehead atoms. The van der Waals surface area contributed by atoms with E-state index in [1.54, 1.807) is 0 Å². The van der Waals surface area contributed by atoms with Gasteiger partial charge in [-0.05, 0) is 47.7 Å². The van der Waals surface area contributed by atoms with Crippen molar-refractivity contribution in [2.75, 3.05) is 24.3 Å². The van der Waals surface area contributed by atoms with Crippen molar-refractivity contribution in [1.82, 2.24) is 30.6 Å². The molecule has 9 heteroatoms. The van der Waals surface area contributed by atoms with Gasteiger partial charge in [-0.1, -0.05) is 24.3 Å². The van der Waals surface area contributed by atoms with E-state index in [0.29, 0.717) is 17.1 Å². The molecular formula is C23H20N8O. The van der Waals surface area contributed by atoms with Crippen LogP contribution in [0.5, 0.6) is 0 Å². The Morgan fingerprint density at radius 3 is 2.38 bits per heavy atom. The molecule has 5 rings (SSSR count). The average molecular weight is 424 g/mol. The fourth-order valence-corrected chi connectivity index (χ4v) is 3.40. The zero-order chi connectivity index (χ0) is 22.1. The van der Waals surface area contributed by atoms with E-state index < -0.39 is 0 Å². The first-order valence-electron chi connectivity index (χ1n) is 9.99. The number of nitrogens with one attached hydrogen (secondary N) is 3. The van der Waals surface area contributed by atoms with Gasteiger partial charge in [0, 0.05) is 42.2 Å². The fraction of sp³-hybridized carbons (Fsp3) is 0.0870. The molecule has 158 valence electrons. The van der Waals surface area contributed by atoms with Crippen LogP contribution >= 0.6 is 0 Å². The third-order valence-corrected chi connectivity index (χ3v) is 5.15. The molecule has 0 aliphatic rings. The SMILES string of the molecule is CN(C)c1ccc(C(=O)Nc2ccc3[nH]c(-c4ccc(-c5nn[nH]n5)cc4)nc3c2)cc1. The highest BCUT2D eigenvalue weighted by Gasteiger charge is 2.10. The highest BCUT2D eigenvalue weighted by Crippen LogP contribution is 2.25. The Bertz CT molecular complexity index is 1370. The van der Waals surface area contributed by atoms with E-state index >= 15 is 0 Å². The quantitative estimate of drug-likeness (QED) is 0.396. The number of fused-ring (bicyclic) bond motifs is 1. The summed E-state index contributed by atoms with van der Waals surface area (Å²) in [6.07, 6.45) is 0. The smallest absolute Gasteiger partial charge is 0.255 e. The first-order chi connectivity index (χ1) is 15.6. The summed E-state index contributed by atoms with van der Waals surface area (Å²) < 4.78 is 0. The fourth-order valence-electron chi connectivity index (χ4n) is 3.40. The second-order valence-corrected chi connectivity index (χ2v) is 7.53. The van der Waals surface area contributed by atoms with Crippen molar-refractivity contribution >= 4 is 28.3 Å². The number of H-pyrrole nitrogens is 2. The van der Waals surface area contributed by atoms with Crippen molar-refractivity contribution in [3.63, 3.8) is 0 Å². The Labute approximate surface area is 183 Å². The minimum Gasteiger partial charge on any atom is -0.378 e. The van der Waals surface area contributed by atoms with Crippen LogP contribution in [0.25, 0.3) is 33.8 Å². The average Bonchev–Trinajstić information content (AvgIpc) is 3.49. The Hall–Kier alpha value is -4.53. The summed E-state index contributed by atoms with van der Waals surface area (Å²) in [5.41, 5.74) is 5.77. The third-order valence-electron chi connectivity index (χ3n) is 5.15. The molecule has 0 radical (unpaired) electrons. The van der Waals surface area contributed by atoms with Gasteiger partial charge in [0.15, 0.2) is 0 Å². The number of rotatable bonds is 5. The molecular weight excluding hydrogens is 404 g/mol. The number of hydrogen-bond donors (Lipinski definition) is 3. The number of anilines is 2. The molecule has 1 amide bonds. The second kappa shape index (κ2) is 7.95. The Morgan fingerprint density at radius 1 is 0.938 bits per heavy atom. The summed E-state index contributed by atoms with van der Waals surface area (Å²) in [7, 11) is 3.93. The van der Waals surface area contributed by atoms with Crippen LogP contribution in [0.1, 0.15) is 10.4 Å². The van der Waals surface area contributed by atoms with Gasteiger partial charge in [-0.15, -0.1) is 10.2 Å². The summed E-state index contributed by atoms with van der Waals surface area (Å²) in [5, 5.41) is 16.9. The molecule has 0 unspecified atom stereocenters. The molecule has 0 atom stereocenters. The van der Waals surface area contributed by atoms with Gasteiger partial charge < -0.3 is 15.2 Å². The van der Waals surface area contributed by atoms with Gasteiger partial charge in [-0.25, -0.2) is 4.98 Å². The molecule has 2 heterocycles. The van der Waals surface area contributed by atoms with Crippen LogP contribution in [0.4, 0.5) is 11.4 Å². The molecule has 0 aliphatic carbocycles. The number of benzene rings is 3. The van der Waals surface area contributed by atoms with E-state index in [0.717, 1.165) is 33.7 Å². The molecule has 32 heavy (non-hydrogen) atoms. The van der Waals surface area contributed by atoms with Crippen molar-refractivity contribution in [2.24, 2.45) is 0 Å². The van der Waals surface area contributed by atoms with Crippen molar-refractivity contribution in [3.8, 4) is 22.8 Å². The van der Waals surface area contributed by atoms with Gasteiger partial charge in [0.25, 0.3) is 5.91 Å². The molecule has 9 nitrogen and oxygen atoms in total. The lowest BCUT2D eigenvalue weighted by Gasteiger charge is -2.12. The Balaban J connectivity index is 1.35. The van der Waals surface area contributed by atoms with Gasteiger partial charge in [-0.3, -0.25) is 4.79 Å². The van der Waals surface area contributed by atoms with Crippen LogP contribution in [-0.2, 0) is 0 Å². The molecule has 0 saturated heterocycles. The monoisotopic (exact) mass is 424 g/mol. The maximum absolute atomic E-state index is 12.6. The number of aromatic nitrogens is 6. The van der Waals surface area contributed by atoms with Crippen LogP contribution in [0, 0.1) is 0 Å². The molecule has 0 fully saturated rings. The number of carbonyl (C=O) groups is 1. The normalized spacial score (nSPS) is 10.9. The predicted molar refractivity (Wildman–Crippen MR) is 123 cm³/mol. The maximum Gasteiger partial charge on any atom is 0.255 e. The first-order valence-corrected chi connectivity index (χ1v) is 9.99. The zero-order valence-electron chi connectivity index (χ0n) is 17.5. The van der Waals surface area contributed by atoms with E-state index in [4.69, 9.17) is 0 Å². The largest absolute Gasteiger partial charge is 0.378 e. The van der Waals surface area contributed by atoms with Crippen molar-refractivity contribution in [3.05, 3.63) is 72.3 Å². The lowest BCUT2D eigenvalue weighted by atomic mass is 10.1. The number of aromatic amines is 2. The summed E-state index contributed by atoms with van der Waals surface area (Å²) in [5.74, 6) is 1.11. The van der Waals surface area contributed by atoms with Crippen LogP contribution in [-0.4, -0.2) is 50.6 Å². The second-order valence-electron chi connectivity index (χ2n) is 7.53. The van der Waals surface area contributed by atoms with Crippen molar-refractivity contribution in [1.29, 1.82) is 0 Å². The molecule has 2 aromatic heterocycles. The summed E-state index contributed by atoms with van der Waals surface area (Å²) in [6, 6.07) is 20.8. The highest BCUT2D eigenvalue weighted by molar-refractivity contribution is 6.05. The van der Waals surface area contributed by atoms with E-state index in [1.165, 1.54) is 0 Å². The molecule has 3 N–H and O–H groups in total. The number of imidazole rings is 1. The number of amides is 1. The van der Waals surface area contributed by atoms with Crippen LogP contribution in [0.3, 0.4) is 0 Å². The van der Waals surface area contributed by atoms with Gasteiger partial charge in [0.1, 0.15) is 5.82 Å². The standard InChI is InChI=1S/C23H20N8O/c1-31(2)18-10-7-16(8-11-18)23(32)24-17-9-12-19-20(13-17)26-21(25-19)14-3-5-15(6-4-14)22-27-29-30-28-22/h3-13H,1-2H3,(H,24,32)(H,25,26)(H,27,28,29,30). The van der Waals surface area contributed by atoms with Crippen LogP contribution in [0.15, 0.2) is 66.7 Å². The number of hydrogen-bond acceptors (Lipinski definition) is 6. The minimum atomic E-state index is -0.164. The topological polar surface area (TPSA) is 115 Å². The first kappa shape index (κ1) is 19.4. The zero-order valence-corrected chi connectivity index (χ0v) is 17.5. The van der Waals surface area contributed by atoms with E-state index in [2.05, 4.69) is 35.9 Å². The summed E-state index contributed by atoms with van der Waals surface area (Å²) >= 11 is 0. The Morgan fingerprint density at radius 2 is 1.69 bits per heavy atom. The summed E-state index contributed by atoms with van der Waals surface area (Å²) in [4.78, 5) is 22.6. The van der Waals surface area contributed by atoms with Gasteiger partial charge in [0.2, 0.25) is 5.82 Å². The molecule has 0 spiro atoms. The van der Waals surface area contributed by atoms with Crippen LogP contribution in [0.2, 0.25) is 0 Å². The number of tetrazole rings is 1. The van der Waals surface area contributed by atoms with Gasteiger partial charge in [-0.2, -0.15) is 5.21 Å². The maximum atomic E-state index is 12.6. The van der Waals surface area contributed by atoms with Crippen molar-refractivity contribution in [2.45, 2.75) is 0 Å². The number of nitrogens with zero attached hydrogens (tertiary/aromatic N) is 5. The lowest BCUT2D eigenvalue weighted by Crippen LogP contribution is -2.13. The summed E-state index contributed by atoms with van der Waals surface area (Å²) in [6.45, 7) is 0. The van der Waals surface area contributed by atoms with E-state index in [-0.39, 0.29) is 5.91 Å². The third kappa shape index (κ3) is 3.79.